The van der Waals surface area contributed by atoms with Crippen molar-refractivity contribution in [3.63, 3.8) is 0 Å². The fourth-order valence-electron chi connectivity index (χ4n) is 5.17. The van der Waals surface area contributed by atoms with Crippen LogP contribution in [0, 0.1) is 12.3 Å². The summed E-state index contributed by atoms with van der Waals surface area (Å²) < 4.78 is 44.8. The van der Waals surface area contributed by atoms with Gasteiger partial charge in [0.2, 0.25) is 0 Å². The SMILES string of the molecule is Cc1ccc(NC(=O)c2cc(C(F)(F)F)ccn2)cc1-c1cnc2c(c1)N1CCOCC1C(CO)(CO)C2. The number of aryl methyl sites for hydroxylation is 1. The molecule has 0 radical (unpaired) electrons. The Morgan fingerprint density at radius 1 is 1.18 bits per heavy atom. The number of amides is 1. The van der Waals surface area contributed by atoms with E-state index in [1.165, 1.54) is 0 Å². The van der Waals surface area contributed by atoms with Gasteiger partial charge in [-0.25, -0.2) is 0 Å². The Morgan fingerprint density at radius 3 is 2.71 bits per heavy atom. The van der Waals surface area contributed by atoms with Gasteiger partial charge in [0.1, 0.15) is 5.69 Å². The van der Waals surface area contributed by atoms with E-state index in [1.54, 1.807) is 18.3 Å². The molecule has 2 aliphatic rings. The van der Waals surface area contributed by atoms with Gasteiger partial charge in [-0.05, 0) is 48.4 Å². The molecule has 2 aliphatic heterocycles. The predicted octanol–water partition coefficient (Wildman–Crippen LogP) is 3.46. The molecule has 4 heterocycles. The van der Waals surface area contributed by atoms with Crippen LogP contribution in [-0.2, 0) is 17.3 Å². The summed E-state index contributed by atoms with van der Waals surface area (Å²) in [7, 11) is 0. The van der Waals surface area contributed by atoms with E-state index in [2.05, 4.69) is 20.2 Å². The van der Waals surface area contributed by atoms with Crippen LogP contribution >= 0.6 is 0 Å². The summed E-state index contributed by atoms with van der Waals surface area (Å²) in [6.45, 7) is 3.00. The zero-order valence-electron chi connectivity index (χ0n) is 20.6. The minimum absolute atomic E-state index is 0.196. The minimum atomic E-state index is -4.58. The summed E-state index contributed by atoms with van der Waals surface area (Å²) in [4.78, 5) is 23.3. The molecular formula is C27H27F3N4O4. The molecule has 1 amide bonds. The summed E-state index contributed by atoms with van der Waals surface area (Å²) in [5.41, 5.74) is 2.51. The number of pyridine rings is 2. The second-order valence-corrected chi connectivity index (χ2v) is 9.74. The zero-order chi connectivity index (χ0) is 27.1. The highest BCUT2D eigenvalue weighted by molar-refractivity contribution is 6.03. The number of ether oxygens (including phenoxy) is 1. The van der Waals surface area contributed by atoms with Gasteiger partial charge >= 0.3 is 6.18 Å². The number of aliphatic hydroxyl groups excluding tert-OH is 2. The number of hydrogen-bond acceptors (Lipinski definition) is 7. The highest BCUT2D eigenvalue weighted by atomic mass is 19.4. The molecule has 3 N–H and O–H groups in total. The lowest BCUT2D eigenvalue weighted by molar-refractivity contribution is -0.137. The van der Waals surface area contributed by atoms with E-state index in [0.717, 1.165) is 46.4 Å². The second-order valence-electron chi connectivity index (χ2n) is 9.74. The minimum Gasteiger partial charge on any atom is -0.396 e. The van der Waals surface area contributed by atoms with E-state index in [0.29, 0.717) is 31.9 Å². The fourth-order valence-corrected chi connectivity index (χ4v) is 5.17. The number of nitrogens with one attached hydrogen (secondary N) is 1. The van der Waals surface area contributed by atoms with Gasteiger partial charge in [0.15, 0.2) is 0 Å². The van der Waals surface area contributed by atoms with Crippen LogP contribution in [0.4, 0.5) is 24.5 Å². The lowest BCUT2D eigenvalue weighted by Crippen LogP contribution is -2.61. The molecule has 5 rings (SSSR count). The lowest BCUT2D eigenvalue weighted by Gasteiger charge is -2.51. The maximum atomic E-state index is 13.0. The van der Waals surface area contributed by atoms with Gasteiger partial charge in [0.05, 0.1) is 49.4 Å². The molecule has 0 saturated carbocycles. The molecule has 38 heavy (non-hydrogen) atoms. The fraction of sp³-hybridized carbons (Fsp3) is 0.370. The number of fused-ring (bicyclic) bond motifs is 3. The predicted molar refractivity (Wildman–Crippen MR) is 134 cm³/mol. The summed E-state index contributed by atoms with van der Waals surface area (Å²) in [6.07, 6.45) is -1.51. The number of halogens is 3. The monoisotopic (exact) mass is 528 g/mol. The number of benzene rings is 1. The average Bonchev–Trinajstić information content (AvgIpc) is 2.93. The Morgan fingerprint density at radius 2 is 1.97 bits per heavy atom. The van der Waals surface area contributed by atoms with E-state index in [9.17, 15) is 28.2 Å². The molecule has 3 aromatic rings. The number of morpholine rings is 1. The molecule has 200 valence electrons. The van der Waals surface area contributed by atoms with Crippen LogP contribution in [0.3, 0.4) is 0 Å². The van der Waals surface area contributed by atoms with Crippen molar-refractivity contribution in [1.82, 2.24) is 9.97 Å². The first-order valence-corrected chi connectivity index (χ1v) is 12.2. The van der Waals surface area contributed by atoms with Crippen LogP contribution in [0.25, 0.3) is 11.1 Å². The molecule has 0 spiro atoms. The highest BCUT2D eigenvalue weighted by Gasteiger charge is 2.48. The molecule has 8 nitrogen and oxygen atoms in total. The topological polar surface area (TPSA) is 108 Å². The zero-order valence-corrected chi connectivity index (χ0v) is 20.6. The Hall–Kier alpha value is -3.54. The summed E-state index contributed by atoms with van der Waals surface area (Å²) >= 11 is 0. The third-order valence-electron chi connectivity index (χ3n) is 7.37. The van der Waals surface area contributed by atoms with E-state index >= 15 is 0 Å². The van der Waals surface area contributed by atoms with Crippen molar-refractivity contribution in [2.75, 3.05) is 43.2 Å². The Labute approximate surface area is 217 Å². The normalized spacial score (nSPS) is 18.5. The van der Waals surface area contributed by atoms with E-state index in [4.69, 9.17) is 4.74 Å². The maximum absolute atomic E-state index is 13.0. The van der Waals surface area contributed by atoms with Crippen LogP contribution in [0.5, 0.6) is 0 Å². The van der Waals surface area contributed by atoms with Crippen molar-refractivity contribution in [1.29, 1.82) is 0 Å². The molecule has 1 saturated heterocycles. The van der Waals surface area contributed by atoms with Gasteiger partial charge in [0, 0.05) is 42.0 Å². The standard InChI is InChI=1S/C27H27F3N4O4/c1-16-2-3-19(33-25(37)21-9-18(4-5-31-21)27(28,29)30)10-20(16)17-8-23-22(32-12-17)11-26(14-35,15-36)24-13-38-7-6-34(23)24/h2-5,8-10,12,24,35-36H,6-7,11,13-15H2,1H3,(H,33,37). The molecule has 2 aromatic heterocycles. The number of nitrogens with zero attached hydrogens (tertiary/aromatic N) is 3. The Bertz CT molecular complexity index is 1360. The second kappa shape index (κ2) is 9.97. The van der Waals surface area contributed by atoms with Crippen molar-refractivity contribution in [3.8, 4) is 11.1 Å². The average molecular weight is 529 g/mol. The molecule has 1 aromatic carbocycles. The Kier molecular flexibility index (Phi) is 6.84. The van der Waals surface area contributed by atoms with Gasteiger partial charge in [0.25, 0.3) is 5.91 Å². The number of rotatable bonds is 5. The summed E-state index contributed by atoms with van der Waals surface area (Å²) in [5.74, 6) is -0.755. The summed E-state index contributed by atoms with van der Waals surface area (Å²) in [5, 5.41) is 22.9. The number of alkyl halides is 3. The van der Waals surface area contributed by atoms with Gasteiger partial charge in [-0.15, -0.1) is 0 Å². The lowest BCUT2D eigenvalue weighted by atomic mass is 9.73. The first-order valence-electron chi connectivity index (χ1n) is 12.2. The highest BCUT2D eigenvalue weighted by Crippen LogP contribution is 2.43. The third kappa shape index (κ3) is 4.72. The number of hydrogen-bond donors (Lipinski definition) is 3. The van der Waals surface area contributed by atoms with Gasteiger partial charge in [-0.2, -0.15) is 13.2 Å². The molecule has 1 unspecified atom stereocenters. The molecular weight excluding hydrogens is 501 g/mol. The van der Waals surface area contributed by atoms with Crippen molar-refractivity contribution in [2.45, 2.75) is 25.6 Å². The summed E-state index contributed by atoms with van der Waals surface area (Å²) in [6, 6.07) is 8.55. The first kappa shape index (κ1) is 26.1. The molecule has 0 aliphatic carbocycles. The van der Waals surface area contributed by atoms with Crippen molar-refractivity contribution < 1.29 is 32.9 Å². The first-order chi connectivity index (χ1) is 18.1. The molecule has 1 atom stereocenters. The van der Waals surface area contributed by atoms with Crippen LogP contribution in [-0.4, -0.2) is 65.1 Å². The van der Waals surface area contributed by atoms with Gasteiger partial charge in [-0.3, -0.25) is 14.8 Å². The maximum Gasteiger partial charge on any atom is 0.416 e. The third-order valence-corrected chi connectivity index (χ3v) is 7.37. The van der Waals surface area contributed by atoms with Gasteiger partial charge < -0.3 is 25.2 Å². The Balaban J connectivity index is 1.45. The van der Waals surface area contributed by atoms with E-state index in [-0.39, 0.29) is 24.9 Å². The smallest absolute Gasteiger partial charge is 0.396 e. The quantitative estimate of drug-likeness (QED) is 0.466. The number of anilines is 2. The largest absolute Gasteiger partial charge is 0.416 e. The van der Waals surface area contributed by atoms with Crippen molar-refractivity contribution >= 4 is 17.3 Å². The van der Waals surface area contributed by atoms with E-state index < -0.39 is 23.1 Å². The van der Waals surface area contributed by atoms with Gasteiger partial charge in [-0.1, -0.05) is 6.07 Å². The van der Waals surface area contributed by atoms with Crippen LogP contribution in [0.1, 0.15) is 27.3 Å². The number of carbonyl (C=O) groups is 1. The van der Waals surface area contributed by atoms with Crippen LogP contribution in [0.2, 0.25) is 0 Å². The molecule has 11 heteroatoms. The van der Waals surface area contributed by atoms with Crippen molar-refractivity contribution in [2.24, 2.45) is 5.41 Å². The number of aliphatic hydroxyl groups is 2. The van der Waals surface area contributed by atoms with Crippen LogP contribution in [0.15, 0.2) is 48.8 Å². The van der Waals surface area contributed by atoms with E-state index in [1.807, 2.05) is 19.1 Å². The van der Waals surface area contributed by atoms with Crippen molar-refractivity contribution in [3.05, 3.63) is 71.3 Å². The molecule has 1 fully saturated rings. The van der Waals surface area contributed by atoms with Crippen LogP contribution < -0.4 is 10.2 Å². The number of carbonyl (C=O) groups excluding carboxylic acids is 1. The molecule has 0 bridgehead atoms. The number of aromatic nitrogens is 2.